The summed E-state index contributed by atoms with van der Waals surface area (Å²) in [5.41, 5.74) is 15.5. The number of carbonyl (C=O) groups is 6. The second kappa shape index (κ2) is 12.4. The molecule has 0 aromatic heterocycles. The molecule has 0 spiro atoms. The van der Waals surface area contributed by atoms with E-state index < -0.39 is 84.7 Å². The number of hydrogen-bond acceptors (Lipinski definition) is 9. The molecule has 0 saturated carbocycles. The van der Waals surface area contributed by atoms with Crippen molar-refractivity contribution >= 4 is 35.5 Å². The van der Waals surface area contributed by atoms with Crippen molar-refractivity contribution in [2.24, 2.45) is 17.2 Å². The largest absolute Gasteiger partial charge is 0.480 e. The number of carbonyl (C=O) groups excluding carboxylic acids is 5. The van der Waals surface area contributed by atoms with E-state index >= 15 is 0 Å². The Morgan fingerprint density at radius 2 is 1.13 bits per heavy atom. The van der Waals surface area contributed by atoms with Crippen LogP contribution in [0.5, 0.6) is 0 Å². The average molecular weight is 448 g/mol. The molecule has 0 aliphatic heterocycles. The number of nitrogens with one attached hydrogen (secondary N) is 3. The second-order valence-electron chi connectivity index (χ2n) is 6.79. The zero-order valence-electron chi connectivity index (χ0n) is 16.9. The van der Waals surface area contributed by atoms with Gasteiger partial charge in [0.25, 0.3) is 0 Å². The molecule has 12 N–H and O–H groups in total. The molecule has 0 bridgehead atoms. The summed E-state index contributed by atoms with van der Waals surface area (Å²) in [5.74, 6) is -6.97. The first kappa shape index (κ1) is 27.7. The first-order valence-electron chi connectivity index (χ1n) is 8.99. The van der Waals surface area contributed by atoms with Gasteiger partial charge in [0.1, 0.15) is 18.1 Å². The van der Waals surface area contributed by atoms with Crippen LogP contribution >= 0.6 is 0 Å². The third-order valence-electron chi connectivity index (χ3n) is 3.95. The van der Waals surface area contributed by atoms with Gasteiger partial charge in [0.05, 0.1) is 25.0 Å². The van der Waals surface area contributed by atoms with Gasteiger partial charge in [-0.3, -0.25) is 24.0 Å². The number of hydrogen-bond donors (Lipinski definition) is 9. The second-order valence-corrected chi connectivity index (χ2v) is 6.79. The first-order valence-corrected chi connectivity index (χ1v) is 8.99. The molecule has 15 nitrogen and oxygen atoms in total. The van der Waals surface area contributed by atoms with Gasteiger partial charge in [0.2, 0.25) is 29.5 Å². The van der Waals surface area contributed by atoms with E-state index in [2.05, 4.69) is 10.6 Å². The van der Waals surface area contributed by atoms with E-state index in [1.165, 1.54) is 6.92 Å². The summed E-state index contributed by atoms with van der Waals surface area (Å²) in [6.45, 7) is 2.30. The predicted octanol–water partition coefficient (Wildman–Crippen LogP) is -5.63. The fourth-order valence-corrected chi connectivity index (χ4v) is 2.22. The van der Waals surface area contributed by atoms with Crippen molar-refractivity contribution in [2.45, 2.75) is 63.1 Å². The van der Waals surface area contributed by atoms with Crippen LogP contribution in [0.4, 0.5) is 0 Å². The van der Waals surface area contributed by atoms with Gasteiger partial charge >= 0.3 is 5.97 Å². The molecule has 0 aliphatic rings. The highest BCUT2D eigenvalue weighted by Gasteiger charge is 2.33. The van der Waals surface area contributed by atoms with Crippen molar-refractivity contribution in [1.29, 1.82) is 0 Å². The third-order valence-corrected chi connectivity index (χ3v) is 3.95. The smallest absolute Gasteiger partial charge is 0.328 e. The number of rotatable bonds is 13. The number of amides is 5. The normalized spacial score (nSPS) is 16.5. The van der Waals surface area contributed by atoms with Crippen molar-refractivity contribution in [3.8, 4) is 0 Å². The fraction of sp³-hybridized carbons (Fsp3) is 0.625. The highest BCUT2D eigenvalue weighted by atomic mass is 16.4. The summed E-state index contributed by atoms with van der Waals surface area (Å²) in [6.07, 6.45) is -4.30. The maximum absolute atomic E-state index is 12.5. The molecule has 176 valence electrons. The van der Waals surface area contributed by atoms with Crippen LogP contribution in [0, 0.1) is 0 Å². The number of carboxylic acid groups (broad SMARTS) is 1. The molecule has 0 saturated heterocycles. The van der Waals surface area contributed by atoms with Crippen molar-refractivity contribution in [2.75, 3.05) is 0 Å². The molecular weight excluding hydrogens is 420 g/mol. The third kappa shape index (κ3) is 9.83. The molecule has 0 aromatic rings. The highest BCUT2D eigenvalue weighted by molar-refractivity contribution is 5.97. The Kier molecular flexibility index (Phi) is 11.1. The minimum absolute atomic E-state index is 0.722. The van der Waals surface area contributed by atoms with Gasteiger partial charge < -0.3 is 48.5 Å². The van der Waals surface area contributed by atoms with Crippen molar-refractivity contribution in [3.63, 3.8) is 0 Å². The first-order chi connectivity index (χ1) is 14.2. The van der Waals surface area contributed by atoms with E-state index in [0.29, 0.717) is 0 Å². The average Bonchev–Trinajstić information content (AvgIpc) is 2.62. The summed E-state index contributed by atoms with van der Waals surface area (Å²) in [4.78, 5) is 70.5. The van der Waals surface area contributed by atoms with E-state index in [-0.39, 0.29) is 0 Å². The number of aliphatic hydroxyl groups excluding tert-OH is 2. The molecule has 15 heteroatoms. The molecule has 31 heavy (non-hydrogen) atoms. The minimum Gasteiger partial charge on any atom is -0.480 e. The van der Waals surface area contributed by atoms with Gasteiger partial charge in [-0.15, -0.1) is 0 Å². The number of primary amides is 2. The molecule has 0 radical (unpaired) electrons. The van der Waals surface area contributed by atoms with Crippen LogP contribution in [-0.4, -0.2) is 87.2 Å². The van der Waals surface area contributed by atoms with Crippen LogP contribution in [-0.2, 0) is 28.8 Å². The number of nitrogens with two attached hydrogens (primary N) is 3. The van der Waals surface area contributed by atoms with Gasteiger partial charge in [0, 0.05) is 0 Å². The highest BCUT2D eigenvalue weighted by Crippen LogP contribution is 2.01. The predicted molar refractivity (Wildman–Crippen MR) is 102 cm³/mol. The molecule has 0 aromatic carbocycles. The lowest BCUT2D eigenvalue weighted by Gasteiger charge is -2.25. The molecule has 0 heterocycles. The Bertz CT molecular complexity index is 712. The lowest BCUT2D eigenvalue weighted by molar-refractivity contribution is -0.145. The van der Waals surface area contributed by atoms with Crippen LogP contribution in [0.3, 0.4) is 0 Å². The molecule has 6 atom stereocenters. The molecular formula is C16H28N6O9. The SMILES string of the molecule is CC(O)C(N)C(=O)NC(CC(N)=O)C(=O)NC(CC(N)=O)C(=O)NC(C(=O)O)C(C)O. The minimum atomic E-state index is -1.76. The van der Waals surface area contributed by atoms with Crippen LogP contribution in [0.15, 0.2) is 0 Å². The van der Waals surface area contributed by atoms with E-state index in [9.17, 15) is 39.0 Å². The molecule has 6 unspecified atom stereocenters. The maximum Gasteiger partial charge on any atom is 0.328 e. The zero-order chi connectivity index (χ0) is 24.5. The van der Waals surface area contributed by atoms with Crippen LogP contribution in [0.25, 0.3) is 0 Å². The van der Waals surface area contributed by atoms with Crippen LogP contribution < -0.4 is 33.2 Å². The Morgan fingerprint density at radius 3 is 1.45 bits per heavy atom. The quantitative estimate of drug-likeness (QED) is 0.129. The lowest BCUT2D eigenvalue weighted by atomic mass is 10.1. The zero-order valence-corrected chi connectivity index (χ0v) is 16.9. The van der Waals surface area contributed by atoms with Gasteiger partial charge in [-0.2, -0.15) is 0 Å². The molecule has 5 amide bonds. The summed E-state index contributed by atoms with van der Waals surface area (Å²) in [6, 6.07) is -6.55. The molecule has 0 rings (SSSR count). The van der Waals surface area contributed by atoms with Crippen LogP contribution in [0.2, 0.25) is 0 Å². The van der Waals surface area contributed by atoms with Crippen molar-refractivity contribution in [1.82, 2.24) is 16.0 Å². The Morgan fingerprint density at radius 1 is 0.742 bits per heavy atom. The van der Waals surface area contributed by atoms with Gasteiger partial charge in [-0.25, -0.2) is 4.79 Å². The van der Waals surface area contributed by atoms with Gasteiger partial charge in [-0.05, 0) is 13.8 Å². The van der Waals surface area contributed by atoms with Crippen molar-refractivity contribution < 1.29 is 44.1 Å². The van der Waals surface area contributed by atoms with E-state index in [0.717, 1.165) is 6.92 Å². The Balaban J connectivity index is 5.56. The van der Waals surface area contributed by atoms with E-state index in [4.69, 9.17) is 22.3 Å². The summed E-state index contributed by atoms with van der Waals surface area (Å²) in [5, 5.41) is 33.9. The summed E-state index contributed by atoms with van der Waals surface area (Å²) >= 11 is 0. The summed E-state index contributed by atoms with van der Waals surface area (Å²) in [7, 11) is 0. The lowest BCUT2D eigenvalue weighted by Crippen LogP contribution is -2.60. The Hall–Kier alpha value is -3.30. The van der Waals surface area contributed by atoms with E-state index in [1.807, 2.05) is 5.32 Å². The molecule has 0 fully saturated rings. The van der Waals surface area contributed by atoms with Crippen molar-refractivity contribution in [3.05, 3.63) is 0 Å². The standard InChI is InChI=1S/C16H28N6O9/c1-5(23)11(19)15(29)21-7(3-9(17)25)13(27)20-8(4-10(18)26)14(28)22-12(6(2)24)16(30)31/h5-8,11-12,23-24H,3-4,19H2,1-2H3,(H2,17,25)(H2,18,26)(H,20,27)(H,21,29)(H,22,28)(H,30,31). The topological polar surface area (TPSA) is 277 Å². The maximum atomic E-state index is 12.5. The van der Waals surface area contributed by atoms with E-state index in [1.54, 1.807) is 0 Å². The summed E-state index contributed by atoms with van der Waals surface area (Å²) < 4.78 is 0. The van der Waals surface area contributed by atoms with Crippen LogP contribution in [0.1, 0.15) is 26.7 Å². The number of aliphatic hydroxyl groups is 2. The van der Waals surface area contributed by atoms with Gasteiger partial charge in [0.15, 0.2) is 6.04 Å². The Labute approximate surface area is 176 Å². The van der Waals surface area contributed by atoms with Gasteiger partial charge in [-0.1, -0.05) is 0 Å². The fourth-order valence-electron chi connectivity index (χ4n) is 2.22. The molecule has 0 aliphatic carbocycles. The monoisotopic (exact) mass is 448 g/mol. The number of aliphatic carboxylic acids is 1. The number of carboxylic acids is 1.